The molecular formula is C19H26N2O2. The molecule has 2 heterocycles. The van der Waals surface area contributed by atoms with Gasteiger partial charge in [-0.2, -0.15) is 0 Å². The van der Waals surface area contributed by atoms with Crippen LogP contribution in [0, 0.1) is 5.41 Å². The van der Waals surface area contributed by atoms with Gasteiger partial charge in [-0.05, 0) is 30.0 Å². The molecular weight excluding hydrogens is 288 g/mol. The van der Waals surface area contributed by atoms with Crippen LogP contribution in [0.4, 0.5) is 0 Å². The monoisotopic (exact) mass is 314 g/mol. The van der Waals surface area contributed by atoms with E-state index in [1.165, 1.54) is 11.1 Å². The lowest BCUT2D eigenvalue weighted by atomic mass is 9.81. The minimum Gasteiger partial charge on any atom is -0.396 e. The lowest BCUT2D eigenvalue weighted by Crippen LogP contribution is -2.41. The Kier molecular flexibility index (Phi) is 5.49. The number of nitrogens with zero attached hydrogens (tertiary/aromatic N) is 1. The Morgan fingerprint density at radius 2 is 1.87 bits per heavy atom. The van der Waals surface area contributed by atoms with Gasteiger partial charge >= 0.3 is 0 Å². The molecule has 23 heavy (non-hydrogen) atoms. The molecule has 0 bridgehead atoms. The van der Waals surface area contributed by atoms with Crippen molar-refractivity contribution < 1.29 is 9.84 Å². The molecule has 1 aromatic heterocycles. The molecule has 4 heteroatoms. The van der Waals surface area contributed by atoms with Crippen LogP contribution >= 0.6 is 0 Å². The van der Waals surface area contributed by atoms with Gasteiger partial charge in [-0.1, -0.05) is 30.3 Å². The second-order valence-electron chi connectivity index (χ2n) is 6.55. The van der Waals surface area contributed by atoms with E-state index in [0.29, 0.717) is 0 Å². The first kappa shape index (κ1) is 16.2. The van der Waals surface area contributed by atoms with Crippen molar-refractivity contribution in [1.29, 1.82) is 0 Å². The zero-order chi connectivity index (χ0) is 16.0. The van der Waals surface area contributed by atoms with E-state index in [0.717, 1.165) is 45.7 Å². The summed E-state index contributed by atoms with van der Waals surface area (Å²) in [6.45, 7) is 4.34. The second-order valence-corrected chi connectivity index (χ2v) is 6.55. The van der Waals surface area contributed by atoms with Crippen molar-refractivity contribution in [3.63, 3.8) is 0 Å². The van der Waals surface area contributed by atoms with E-state index in [-0.39, 0.29) is 12.0 Å². The fraction of sp³-hybridized carbons (Fsp3) is 0.474. The molecule has 1 fully saturated rings. The summed E-state index contributed by atoms with van der Waals surface area (Å²) in [7, 11) is 0. The first-order chi connectivity index (χ1) is 11.3. The average molecular weight is 314 g/mol. The molecule has 0 unspecified atom stereocenters. The number of benzene rings is 1. The van der Waals surface area contributed by atoms with Crippen molar-refractivity contribution >= 4 is 0 Å². The number of hydrogen-bond donors (Lipinski definition) is 2. The molecule has 1 aliphatic heterocycles. The summed E-state index contributed by atoms with van der Waals surface area (Å²) in [5, 5.41) is 13.2. The van der Waals surface area contributed by atoms with Crippen molar-refractivity contribution in [2.24, 2.45) is 5.41 Å². The van der Waals surface area contributed by atoms with E-state index in [1.807, 2.05) is 6.07 Å². The highest BCUT2D eigenvalue weighted by atomic mass is 16.5. The van der Waals surface area contributed by atoms with Gasteiger partial charge < -0.3 is 19.7 Å². The molecule has 1 aliphatic rings. The van der Waals surface area contributed by atoms with E-state index in [1.54, 1.807) is 0 Å². The van der Waals surface area contributed by atoms with Gasteiger partial charge in [0, 0.05) is 50.7 Å². The van der Waals surface area contributed by atoms with Crippen LogP contribution < -0.4 is 5.32 Å². The number of rotatable bonds is 7. The van der Waals surface area contributed by atoms with Crippen molar-refractivity contribution in [1.82, 2.24) is 9.88 Å². The second kappa shape index (κ2) is 7.77. The zero-order valence-electron chi connectivity index (χ0n) is 13.6. The average Bonchev–Trinajstić information content (AvgIpc) is 3.04. The van der Waals surface area contributed by atoms with Crippen LogP contribution in [0.1, 0.15) is 24.0 Å². The molecule has 1 saturated heterocycles. The minimum absolute atomic E-state index is 0.00907. The SMILES string of the molecule is OCC1(CNCc2ccn(Cc3ccccc3)c2)CCOCC1. The first-order valence-corrected chi connectivity index (χ1v) is 8.38. The summed E-state index contributed by atoms with van der Waals surface area (Å²) in [6, 6.07) is 12.6. The van der Waals surface area contributed by atoms with Crippen LogP contribution in [0.3, 0.4) is 0 Å². The van der Waals surface area contributed by atoms with E-state index in [4.69, 9.17) is 4.74 Å². The molecule has 0 aliphatic carbocycles. The quantitative estimate of drug-likeness (QED) is 0.825. The molecule has 2 aromatic rings. The highest BCUT2D eigenvalue weighted by Gasteiger charge is 2.31. The predicted octanol–water partition coefficient (Wildman–Crippen LogP) is 2.42. The van der Waals surface area contributed by atoms with Crippen LogP contribution in [0.15, 0.2) is 48.8 Å². The maximum Gasteiger partial charge on any atom is 0.0501 e. The standard InChI is InChI=1S/C19H26N2O2/c22-16-19(7-10-23-11-8-19)15-20-12-18-6-9-21(14-18)13-17-4-2-1-3-5-17/h1-6,9,14,20,22H,7-8,10-13,15-16H2. The van der Waals surface area contributed by atoms with Crippen molar-refractivity contribution in [3.05, 3.63) is 59.9 Å². The first-order valence-electron chi connectivity index (χ1n) is 8.38. The lowest BCUT2D eigenvalue weighted by Gasteiger charge is -2.35. The van der Waals surface area contributed by atoms with Crippen molar-refractivity contribution in [2.45, 2.75) is 25.9 Å². The maximum absolute atomic E-state index is 9.71. The number of hydrogen-bond acceptors (Lipinski definition) is 3. The van der Waals surface area contributed by atoms with E-state index in [9.17, 15) is 5.11 Å². The molecule has 0 spiro atoms. The Morgan fingerprint density at radius 3 is 2.61 bits per heavy atom. The molecule has 0 radical (unpaired) electrons. The molecule has 4 nitrogen and oxygen atoms in total. The minimum atomic E-state index is -0.00907. The van der Waals surface area contributed by atoms with Crippen LogP contribution in [-0.4, -0.2) is 36.0 Å². The van der Waals surface area contributed by atoms with Gasteiger partial charge in [0.1, 0.15) is 0 Å². The summed E-state index contributed by atoms with van der Waals surface area (Å²) in [6.07, 6.45) is 6.19. The predicted molar refractivity (Wildman–Crippen MR) is 91.3 cm³/mol. The number of aromatic nitrogens is 1. The Balaban J connectivity index is 1.49. The smallest absolute Gasteiger partial charge is 0.0501 e. The fourth-order valence-corrected chi connectivity index (χ4v) is 3.15. The normalized spacial score (nSPS) is 17.3. The molecule has 2 N–H and O–H groups in total. The number of aliphatic hydroxyl groups is 1. The third-order valence-electron chi connectivity index (χ3n) is 4.74. The van der Waals surface area contributed by atoms with Gasteiger partial charge in [-0.3, -0.25) is 0 Å². The molecule has 0 saturated carbocycles. The molecule has 0 amide bonds. The highest BCUT2D eigenvalue weighted by Crippen LogP contribution is 2.29. The van der Waals surface area contributed by atoms with Crippen LogP contribution in [0.5, 0.6) is 0 Å². The van der Waals surface area contributed by atoms with E-state index >= 15 is 0 Å². The lowest BCUT2D eigenvalue weighted by molar-refractivity contribution is -0.0154. The molecule has 3 rings (SSSR count). The van der Waals surface area contributed by atoms with Gasteiger partial charge in [0.15, 0.2) is 0 Å². The van der Waals surface area contributed by atoms with Gasteiger partial charge in [0.05, 0.1) is 6.61 Å². The van der Waals surface area contributed by atoms with Crippen LogP contribution in [-0.2, 0) is 17.8 Å². The Labute approximate surface area is 138 Å². The third-order valence-corrected chi connectivity index (χ3v) is 4.74. The van der Waals surface area contributed by atoms with Crippen molar-refractivity contribution in [2.75, 3.05) is 26.4 Å². The van der Waals surface area contributed by atoms with Crippen LogP contribution in [0.2, 0.25) is 0 Å². The largest absolute Gasteiger partial charge is 0.396 e. The molecule has 0 atom stereocenters. The number of nitrogens with one attached hydrogen (secondary N) is 1. The summed E-state index contributed by atoms with van der Waals surface area (Å²) < 4.78 is 7.62. The van der Waals surface area contributed by atoms with Gasteiger partial charge in [0.25, 0.3) is 0 Å². The Morgan fingerprint density at radius 1 is 1.09 bits per heavy atom. The van der Waals surface area contributed by atoms with E-state index < -0.39 is 0 Å². The summed E-state index contributed by atoms with van der Waals surface area (Å²) in [5.74, 6) is 0. The van der Waals surface area contributed by atoms with Crippen molar-refractivity contribution in [3.8, 4) is 0 Å². The van der Waals surface area contributed by atoms with Crippen LogP contribution in [0.25, 0.3) is 0 Å². The Bertz CT molecular complexity index is 588. The molecule has 124 valence electrons. The molecule has 1 aromatic carbocycles. The Hall–Kier alpha value is -1.62. The maximum atomic E-state index is 9.71. The fourth-order valence-electron chi connectivity index (χ4n) is 3.15. The van der Waals surface area contributed by atoms with E-state index in [2.05, 4.69) is 52.6 Å². The summed E-state index contributed by atoms with van der Waals surface area (Å²) in [4.78, 5) is 0. The highest BCUT2D eigenvalue weighted by molar-refractivity contribution is 5.17. The zero-order valence-corrected chi connectivity index (χ0v) is 13.6. The topological polar surface area (TPSA) is 46.4 Å². The van der Waals surface area contributed by atoms with Gasteiger partial charge in [-0.25, -0.2) is 0 Å². The van der Waals surface area contributed by atoms with Gasteiger partial charge in [0.2, 0.25) is 0 Å². The summed E-state index contributed by atoms with van der Waals surface area (Å²) >= 11 is 0. The van der Waals surface area contributed by atoms with Gasteiger partial charge in [-0.15, -0.1) is 0 Å². The third kappa shape index (κ3) is 4.44. The number of aliphatic hydroxyl groups excluding tert-OH is 1. The number of ether oxygens (including phenoxy) is 1. The summed E-state index contributed by atoms with van der Waals surface area (Å²) in [5.41, 5.74) is 2.58.